The van der Waals surface area contributed by atoms with Crippen LogP contribution in [0.5, 0.6) is 0 Å². The molecule has 1 aromatic heterocycles. The van der Waals surface area contributed by atoms with Gasteiger partial charge in [0.05, 0.1) is 43.2 Å². The van der Waals surface area contributed by atoms with E-state index in [0.29, 0.717) is 23.9 Å². The fourth-order valence-electron chi connectivity index (χ4n) is 3.00. The standard InChI is InChI=1S/C22H22Br2N4O6S/c1-13-10-15(28(6-8-33-21(29)31-2)7-9-34-22(30)32-3)4-5-17(13)26-27-20-25-19-16(24)11-14(23)12-18(19)35-20/h4-5,10-12H,6-9H2,1-3H3. The maximum absolute atomic E-state index is 11.3. The van der Waals surface area contributed by atoms with E-state index in [2.05, 4.69) is 56.5 Å². The Morgan fingerprint density at radius 2 is 1.66 bits per heavy atom. The number of aryl methyl sites for hydroxylation is 1. The minimum atomic E-state index is -0.767. The van der Waals surface area contributed by atoms with Crippen molar-refractivity contribution in [2.75, 3.05) is 45.4 Å². The van der Waals surface area contributed by atoms with E-state index in [4.69, 9.17) is 9.47 Å². The van der Waals surface area contributed by atoms with E-state index in [1.807, 2.05) is 42.2 Å². The van der Waals surface area contributed by atoms with E-state index >= 15 is 0 Å². The van der Waals surface area contributed by atoms with Gasteiger partial charge in [0.15, 0.2) is 0 Å². The van der Waals surface area contributed by atoms with Gasteiger partial charge < -0.3 is 23.8 Å². The van der Waals surface area contributed by atoms with E-state index in [9.17, 15) is 9.59 Å². The Bertz CT molecular complexity index is 1210. The van der Waals surface area contributed by atoms with Gasteiger partial charge >= 0.3 is 12.3 Å². The minimum Gasteiger partial charge on any atom is -0.438 e. The van der Waals surface area contributed by atoms with Gasteiger partial charge in [0.1, 0.15) is 13.2 Å². The van der Waals surface area contributed by atoms with Crippen molar-refractivity contribution in [2.45, 2.75) is 6.92 Å². The van der Waals surface area contributed by atoms with Crippen molar-refractivity contribution in [3.05, 3.63) is 44.8 Å². The Hall–Kier alpha value is -2.77. The summed E-state index contributed by atoms with van der Waals surface area (Å²) in [7, 11) is 2.49. The number of rotatable bonds is 9. The van der Waals surface area contributed by atoms with E-state index in [1.165, 1.54) is 25.6 Å². The number of ether oxygens (including phenoxy) is 4. The fraction of sp³-hybridized carbons (Fsp3) is 0.318. The number of anilines is 1. The predicted octanol–water partition coefficient (Wildman–Crippen LogP) is 6.92. The van der Waals surface area contributed by atoms with Crippen molar-refractivity contribution in [3.8, 4) is 0 Å². The Kier molecular flexibility index (Phi) is 9.81. The van der Waals surface area contributed by atoms with Gasteiger partial charge in [-0.25, -0.2) is 14.6 Å². The van der Waals surface area contributed by atoms with Gasteiger partial charge in [0.2, 0.25) is 5.13 Å². The SMILES string of the molecule is COC(=O)OCCN(CCOC(=O)OC)c1ccc(N=Nc2nc3c(Br)cc(Br)cc3s2)c(C)c1. The lowest BCUT2D eigenvalue weighted by Crippen LogP contribution is -2.32. The summed E-state index contributed by atoms with van der Waals surface area (Å²) in [6.07, 6.45) is -1.53. The van der Waals surface area contributed by atoms with Gasteiger partial charge in [0.25, 0.3) is 0 Å². The number of aromatic nitrogens is 1. The molecule has 0 saturated carbocycles. The van der Waals surface area contributed by atoms with Gasteiger partial charge in [-0.05, 0) is 58.7 Å². The van der Waals surface area contributed by atoms with Crippen molar-refractivity contribution in [1.29, 1.82) is 0 Å². The summed E-state index contributed by atoms with van der Waals surface area (Å²) >= 11 is 8.44. The van der Waals surface area contributed by atoms with Gasteiger partial charge in [-0.2, -0.15) is 0 Å². The maximum atomic E-state index is 11.3. The largest absolute Gasteiger partial charge is 0.508 e. The summed E-state index contributed by atoms with van der Waals surface area (Å²) in [5, 5.41) is 9.23. The van der Waals surface area contributed by atoms with Crippen LogP contribution in [0.4, 0.5) is 26.1 Å². The summed E-state index contributed by atoms with van der Waals surface area (Å²) < 4.78 is 21.8. The second-order valence-corrected chi connectivity index (χ2v) is 9.77. The van der Waals surface area contributed by atoms with Crippen LogP contribution in [0.25, 0.3) is 10.2 Å². The molecule has 2 aromatic carbocycles. The molecule has 3 aromatic rings. The molecule has 0 spiro atoms. The highest BCUT2D eigenvalue weighted by molar-refractivity contribution is 9.11. The Balaban J connectivity index is 1.74. The number of thiazole rings is 1. The number of carbonyl (C=O) groups excluding carboxylic acids is 2. The zero-order valence-corrected chi connectivity index (χ0v) is 23.1. The molecule has 0 aliphatic rings. The first-order valence-corrected chi connectivity index (χ1v) is 12.7. The summed E-state index contributed by atoms with van der Waals surface area (Å²) in [4.78, 5) is 29.0. The molecule has 3 rings (SSSR count). The zero-order chi connectivity index (χ0) is 25.4. The molecular weight excluding hydrogens is 608 g/mol. The molecule has 0 bridgehead atoms. The molecule has 0 unspecified atom stereocenters. The molecule has 0 aliphatic heterocycles. The molecule has 0 radical (unpaired) electrons. The van der Waals surface area contributed by atoms with Gasteiger partial charge in [-0.1, -0.05) is 27.3 Å². The van der Waals surface area contributed by atoms with Crippen LogP contribution < -0.4 is 4.90 Å². The van der Waals surface area contributed by atoms with E-state index < -0.39 is 12.3 Å². The lowest BCUT2D eigenvalue weighted by atomic mass is 10.1. The molecule has 13 heteroatoms. The summed E-state index contributed by atoms with van der Waals surface area (Å²) in [5.74, 6) is 0. The zero-order valence-electron chi connectivity index (χ0n) is 19.1. The first-order valence-electron chi connectivity index (χ1n) is 10.2. The first kappa shape index (κ1) is 26.8. The monoisotopic (exact) mass is 628 g/mol. The number of hydrogen-bond acceptors (Lipinski definition) is 11. The lowest BCUT2D eigenvalue weighted by molar-refractivity contribution is 0.0717. The molecule has 35 heavy (non-hydrogen) atoms. The number of benzene rings is 2. The average molecular weight is 630 g/mol. The Labute approximate surface area is 222 Å². The molecule has 0 fully saturated rings. The smallest absolute Gasteiger partial charge is 0.438 e. The van der Waals surface area contributed by atoms with Crippen LogP contribution in [-0.4, -0.2) is 57.8 Å². The predicted molar refractivity (Wildman–Crippen MR) is 139 cm³/mol. The molecule has 186 valence electrons. The maximum Gasteiger partial charge on any atom is 0.508 e. The van der Waals surface area contributed by atoms with E-state index in [0.717, 1.165) is 30.4 Å². The van der Waals surface area contributed by atoms with Crippen LogP contribution in [0.15, 0.2) is 49.5 Å². The number of carbonyl (C=O) groups is 2. The van der Waals surface area contributed by atoms with Crippen molar-refractivity contribution >= 4 is 82.2 Å². The third kappa shape index (κ3) is 7.61. The van der Waals surface area contributed by atoms with Crippen LogP contribution in [0.2, 0.25) is 0 Å². The number of hydrogen-bond donors (Lipinski definition) is 0. The fourth-order valence-corrected chi connectivity index (χ4v) is 5.45. The highest BCUT2D eigenvalue weighted by atomic mass is 79.9. The molecule has 10 nitrogen and oxygen atoms in total. The highest BCUT2D eigenvalue weighted by Gasteiger charge is 2.13. The summed E-state index contributed by atoms with van der Waals surface area (Å²) in [5.41, 5.74) is 3.23. The second-order valence-electron chi connectivity index (χ2n) is 6.99. The number of halogens is 2. The molecular formula is C22H22Br2N4O6S. The van der Waals surface area contributed by atoms with Crippen LogP contribution in [-0.2, 0) is 18.9 Å². The van der Waals surface area contributed by atoms with Crippen LogP contribution >= 0.6 is 43.2 Å². The van der Waals surface area contributed by atoms with Crippen LogP contribution in [0, 0.1) is 6.92 Å². The number of methoxy groups -OCH3 is 2. The first-order chi connectivity index (χ1) is 16.8. The minimum absolute atomic E-state index is 0.0919. The van der Waals surface area contributed by atoms with Crippen molar-refractivity contribution in [3.63, 3.8) is 0 Å². The molecule has 0 saturated heterocycles. The van der Waals surface area contributed by atoms with Crippen molar-refractivity contribution in [2.24, 2.45) is 10.2 Å². The van der Waals surface area contributed by atoms with E-state index in [1.54, 1.807) is 0 Å². The lowest BCUT2D eigenvalue weighted by Gasteiger charge is -2.25. The quantitative estimate of drug-likeness (QED) is 0.185. The molecule has 0 aliphatic carbocycles. The molecule has 0 N–H and O–H groups in total. The van der Waals surface area contributed by atoms with E-state index in [-0.39, 0.29) is 13.2 Å². The van der Waals surface area contributed by atoms with Crippen LogP contribution in [0.3, 0.4) is 0 Å². The average Bonchev–Trinajstić information content (AvgIpc) is 3.25. The topological polar surface area (TPSA) is 112 Å². The summed E-state index contributed by atoms with van der Waals surface area (Å²) in [6, 6.07) is 9.55. The highest BCUT2D eigenvalue weighted by Crippen LogP contribution is 2.36. The molecule has 1 heterocycles. The molecule has 0 amide bonds. The number of fused-ring (bicyclic) bond motifs is 1. The Morgan fingerprint density at radius 1 is 1.00 bits per heavy atom. The summed E-state index contributed by atoms with van der Waals surface area (Å²) in [6.45, 7) is 2.81. The van der Waals surface area contributed by atoms with Gasteiger partial charge in [-0.3, -0.25) is 0 Å². The number of nitrogens with zero attached hydrogens (tertiary/aromatic N) is 4. The molecule has 0 atom stereocenters. The van der Waals surface area contributed by atoms with Gasteiger partial charge in [0, 0.05) is 14.6 Å². The third-order valence-corrected chi connectivity index (χ3v) is 6.64. The normalized spacial score (nSPS) is 11.0. The van der Waals surface area contributed by atoms with Crippen molar-refractivity contribution in [1.82, 2.24) is 4.98 Å². The van der Waals surface area contributed by atoms with Gasteiger partial charge in [-0.15, -0.1) is 10.2 Å². The second kappa shape index (κ2) is 12.8. The van der Waals surface area contributed by atoms with Crippen molar-refractivity contribution < 1.29 is 28.5 Å². The third-order valence-electron chi connectivity index (χ3n) is 4.69. The van der Waals surface area contributed by atoms with Crippen LogP contribution in [0.1, 0.15) is 5.56 Å². The Morgan fingerprint density at radius 3 is 2.26 bits per heavy atom. The number of azo groups is 1.